The summed E-state index contributed by atoms with van der Waals surface area (Å²) >= 11 is 5.99. The normalized spacial score (nSPS) is 19.8. The Bertz CT molecular complexity index is 394. The lowest BCUT2D eigenvalue weighted by Crippen LogP contribution is -2.41. The summed E-state index contributed by atoms with van der Waals surface area (Å²) in [4.78, 5) is 0. The number of benzene rings is 1. The van der Waals surface area contributed by atoms with E-state index in [1.807, 2.05) is 12.1 Å². The summed E-state index contributed by atoms with van der Waals surface area (Å²) in [6, 6.07) is 8.36. The fourth-order valence-corrected chi connectivity index (χ4v) is 3.91. The van der Waals surface area contributed by atoms with Gasteiger partial charge in [-0.05, 0) is 48.3 Å². The Kier molecular flexibility index (Phi) is 4.88. The zero-order valence-electron chi connectivity index (χ0n) is 12.0. The minimum atomic E-state index is 0.231. The van der Waals surface area contributed by atoms with Crippen LogP contribution in [0.5, 0.6) is 0 Å². The summed E-state index contributed by atoms with van der Waals surface area (Å²) in [5.41, 5.74) is 4.64. The van der Waals surface area contributed by atoms with E-state index >= 15 is 0 Å². The van der Waals surface area contributed by atoms with Gasteiger partial charge >= 0.3 is 0 Å². The van der Waals surface area contributed by atoms with Gasteiger partial charge in [-0.3, -0.25) is 11.3 Å². The number of hydrogen-bond acceptors (Lipinski definition) is 2. The molecule has 0 aromatic heterocycles. The molecule has 0 spiro atoms. The van der Waals surface area contributed by atoms with Gasteiger partial charge in [-0.15, -0.1) is 0 Å². The Morgan fingerprint density at radius 1 is 1.21 bits per heavy atom. The summed E-state index contributed by atoms with van der Waals surface area (Å²) in [5, 5.41) is 0.781. The zero-order chi connectivity index (χ0) is 13.9. The van der Waals surface area contributed by atoms with E-state index in [2.05, 4.69) is 31.4 Å². The van der Waals surface area contributed by atoms with Gasteiger partial charge in [0.2, 0.25) is 0 Å². The predicted molar refractivity (Wildman–Crippen MR) is 81.9 cm³/mol. The molecular formula is C16H25ClN2. The van der Waals surface area contributed by atoms with Crippen molar-refractivity contribution in [1.82, 2.24) is 5.43 Å². The molecule has 1 fully saturated rings. The van der Waals surface area contributed by atoms with Gasteiger partial charge in [0.05, 0.1) is 6.04 Å². The number of hydrazine groups is 1. The van der Waals surface area contributed by atoms with Crippen LogP contribution in [0.3, 0.4) is 0 Å². The second-order valence-electron chi connectivity index (χ2n) is 6.32. The van der Waals surface area contributed by atoms with Gasteiger partial charge < -0.3 is 0 Å². The van der Waals surface area contributed by atoms with Crippen LogP contribution >= 0.6 is 11.6 Å². The molecule has 0 heterocycles. The second kappa shape index (κ2) is 6.25. The predicted octanol–water partition coefficient (Wildman–Crippen LogP) is 4.45. The van der Waals surface area contributed by atoms with Crippen molar-refractivity contribution in [2.75, 3.05) is 0 Å². The third-order valence-corrected chi connectivity index (χ3v) is 4.65. The molecule has 1 atom stereocenters. The van der Waals surface area contributed by atoms with E-state index in [4.69, 9.17) is 17.4 Å². The first-order chi connectivity index (χ1) is 9.07. The second-order valence-corrected chi connectivity index (χ2v) is 6.76. The summed E-state index contributed by atoms with van der Waals surface area (Å²) in [6.45, 7) is 4.60. The lowest BCUT2D eigenvalue weighted by molar-refractivity contribution is 0.156. The highest BCUT2D eigenvalue weighted by molar-refractivity contribution is 6.30. The summed E-state index contributed by atoms with van der Waals surface area (Å²) in [6.07, 6.45) is 6.40. The Morgan fingerprint density at radius 3 is 2.26 bits per heavy atom. The molecule has 1 aliphatic rings. The minimum Gasteiger partial charge on any atom is -0.271 e. The van der Waals surface area contributed by atoms with Crippen molar-refractivity contribution >= 4 is 11.6 Å². The highest BCUT2D eigenvalue weighted by atomic mass is 35.5. The van der Waals surface area contributed by atoms with Gasteiger partial charge in [0.1, 0.15) is 0 Å². The quantitative estimate of drug-likeness (QED) is 0.618. The molecule has 1 aliphatic carbocycles. The smallest absolute Gasteiger partial charge is 0.0516 e. The van der Waals surface area contributed by atoms with Gasteiger partial charge in [-0.2, -0.15) is 0 Å². The molecule has 0 radical (unpaired) electrons. The maximum Gasteiger partial charge on any atom is 0.0516 e. The molecule has 3 heteroatoms. The number of rotatable bonds is 5. The first kappa shape index (κ1) is 14.8. The summed E-state index contributed by atoms with van der Waals surface area (Å²) < 4.78 is 0. The molecule has 0 saturated heterocycles. The molecule has 1 saturated carbocycles. The lowest BCUT2D eigenvalue weighted by Gasteiger charge is -2.39. The largest absolute Gasteiger partial charge is 0.271 e. The van der Waals surface area contributed by atoms with Crippen molar-refractivity contribution in [2.24, 2.45) is 17.2 Å². The van der Waals surface area contributed by atoms with Gasteiger partial charge in [-0.25, -0.2) is 0 Å². The van der Waals surface area contributed by atoms with Gasteiger partial charge in [0.15, 0.2) is 0 Å². The molecular weight excluding hydrogens is 256 g/mol. The third-order valence-electron chi connectivity index (χ3n) is 4.40. The standard InChI is InChI=1S/C16H25ClN2/c1-12(2)11-16(9-3-4-10-16)15(19-18)13-5-7-14(17)8-6-13/h5-8,12,15,19H,3-4,9-11,18H2,1-2H3. The van der Waals surface area contributed by atoms with Crippen LogP contribution in [0.25, 0.3) is 0 Å². The molecule has 3 N–H and O–H groups in total. The van der Waals surface area contributed by atoms with Crippen molar-refractivity contribution in [3.05, 3.63) is 34.9 Å². The Morgan fingerprint density at radius 2 is 1.79 bits per heavy atom. The highest BCUT2D eigenvalue weighted by Crippen LogP contribution is 2.51. The van der Waals surface area contributed by atoms with E-state index in [-0.39, 0.29) is 6.04 Å². The van der Waals surface area contributed by atoms with Crippen molar-refractivity contribution in [1.29, 1.82) is 0 Å². The fourth-order valence-electron chi connectivity index (χ4n) is 3.78. The van der Waals surface area contributed by atoms with Crippen LogP contribution in [0.1, 0.15) is 57.6 Å². The van der Waals surface area contributed by atoms with Crippen LogP contribution in [0, 0.1) is 11.3 Å². The first-order valence-corrected chi connectivity index (χ1v) is 7.67. The number of nitrogens with two attached hydrogens (primary N) is 1. The van der Waals surface area contributed by atoms with Crippen LogP contribution in [0.4, 0.5) is 0 Å². The molecule has 19 heavy (non-hydrogen) atoms. The monoisotopic (exact) mass is 280 g/mol. The van der Waals surface area contributed by atoms with Crippen molar-refractivity contribution in [2.45, 2.75) is 52.0 Å². The van der Waals surface area contributed by atoms with E-state index in [0.29, 0.717) is 11.3 Å². The van der Waals surface area contributed by atoms with Crippen LogP contribution in [0.2, 0.25) is 5.02 Å². The van der Waals surface area contributed by atoms with Crippen LogP contribution in [-0.2, 0) is 0 Å². The van der Waals surface area contributed by atoms with Crippen LogP contribution in [0.15, 0.2) is 24.3 Å². The van der Waals surface area contributed by atoms with Crippen molar-refractivity contribution in [3.8, 4) is 0 Å². The first-order valence-electron chi connectivity index (χ1n) is 7.29. The van der Waals surface area contributed by atoms with Gasteiger partial charge in [-0.1, -0.05) is 50.4 Å². The fraction of sp³-hybridized carbons (Fsp3) is 0.625. The topological polar surface area (TPSA) is 38.0 Å². The zero-order valence-corrected chi connectivity index (χ0v) is 12.7. The molecule has 0 aliphatic heterocycles. The number of nitrogens with one attached hydrogen (secondary N) is 1. The molecule has 0 bridgehead atoms. The molecule has 1 unspecified atom stereocenters. The maximum absolute atomic E-state index is 5.99. The Labute approximate surface area is 121 Å². The minimum absolute atomic E-state index is 0.231. The summed E-state index contributed by atoms with van der Waals surface area (Å²) in [5.74, 6) is 6.60. The van der Waals surface area contributed by atoms with E-state index in [9.17, 15) is 0 Å². The van der Waals surface area contributed by atoms with Crippen molar-refractivity contribution in [3.63, 3.8) is 0 Å². The SMILES string of the molecule is CC(C)CC1(C(NN)c2ccc(Cl)cc2)CCCC1. The third kappa shape index (κ3) is 3.31. The van der Waals surface area contributed by atoms with Crippen LogP contribution < -0.4 is 11.3 Å². The van der Waals surface area contributed by atoms with E-state index in [0.717, 1.165) is 5.02 Å². The van der Waals surface area contributed by atoms with E-state index < -0.39 is 0 Å². The molecule has 2 nitrogen and oxygen atoms in total. The van der Waals surface area contributed by atoms with E-state index in [1.54, 1.807) is 0 Å². The lowest BCUT2D eigenvalue weighted by atomic mass is 9.70. The molecule has 1 aromatic rings. The highest BCUT2D eigenvalue weighted by Gasteiger charge is 2.41. The van der Waals surface area contributed by atoms with Gasteiger partial charge in [0.25, 0.3) is 0 Å². The molecule has 2 rings (SSSR count). The molecule has 1 aromatic carbocycles. The average molecular weight is 281 g/mol. The number of hydrogen-bond donors (Lipinski definition) is 2. The van der Waals surface area contributed by atoms with Gasteiger partial charge in [0, 0.05) is 5.02 Å². The average Bonchev–Trinajstić information content (AvgIpc) is 2.81. The van der Waals surface area contributed by atoms with Crippen LogP contribution in [-0.4, -0.2) is 0 Å². The Hall–Kier alpha value is -0.570. The summed E-state index contributed by atoms with van der Waals surface area (Å²) in [7, 11) is 0. The maximum atomic E-state index is 5.99. The Balaban J connectivity index is 2.29. The molecule has 0 amide bonds. The number of halogens is 1. The van der Waals surface area contributed by atoms with Crippen molar-refractivity contribution < 1.29 is 0 Å². The molecule has 106 valence electrons. The van der Waals surface area contributed by atoms with E-state index in [1.165, 1.54) is 37.7 Å².